The molecular weight excluding hydrogens is 295 g/mol. The summed E-state index contributed by atoms with van der Waals surface area (Å²) in [5.41, 5.74) is 0.714. The van der Waals surface area contributed by atoms with Gasteiger partial charge in [-0.05, 0) is 24.7 Å². The van der Waals surface area contributed by atoms with Crippen LogP contribution in [0.1, 0.15) is 12.0 Å². The van der Waals surface area contributed by atoms with Crippen molar-refractivity contribution in [3.8, 4) is 0 Å². The second-order valence-corrected chi connectivity index (χ2v) is 4.93. The van der Waals surface area contributed by atoms with Gasteiger partial charge in [0.1, 0.15) is 11.6 Å². The number of nitrogens with one attached hydrogen (secondary N) is 2. The van der Waals surface area contributed by atoms with Gasteiger partial charge in [0.15, 0.2) is 0 Å². The third kappa shape index (κ3) is 4.27. The number of anilines is 1. The summed E-state index contributed by atoms with van der Waals surface area (Å²) in [4.78, 5) is 11.7. The van der Waals surface area contributed by atoms with Gasteiger partial charge in [-0.2, -0.15) is 5.10 Å². The number of hydrogen-bond acceptors (Lipinski definition) is 3. The standard InChI is InChI=1S/C14H16ClFN4O/c1-17-6-5-14(21)19-13-4-7-18-20(13)9-10-2-3-11(15)12(16)8-10/h2-4,7-8,17H,5-6,9H2,1H3,(H,19,21). The molecule has 2 aromatic rings. The molecule has 0 bridgehead atoms. The fourth-order valence-corrected chi connectivity index (χ4v) is 1.94. The molecule has 2 rings (SSSR count). The predicted octanol–water partition coefficient (Wildman–Crippen LogP) is 2.27. The van der Waals surface area contributed by atoms with E-state index in [1.807, 2.05) is 0 Å². The van der Waals surface area contributed by atoms with Crippen LogP contribution < -0.4 is 10.6 Å². The van der Waals surface area contributed by atoms with Gasteiger partial charge in [0, 0.05) is 19.0 Å². The largest absolute Gasteiger partial charge is 0.319 e. The van der Waals surface area contributed by atoms with Crippen LogP contribution in [0.2, 0.25) is 5.02 Å². The van der Waals surface area contributed by atoms with Crippen LogP contribution >= 0.6 is 11.6 Å². The molecule has 1 amide bonds. The molecule has 0 saturated carbocycles. The topological polar surface area (TPSA) is 59.0 Å². The molecule has 0 radical (unpaired) electrons. The Kier molecular flexibility index (Phi) is 5.30. The lowest BCUT2D eigenvalue weighted by atomic mass is 10.2. The van der Waals surface area contributed by atoms with Crippen molar-refractivity contribution in [2.75, 3.05) is 18.9 Å². The molecule has 2 N–H and O–H groups in total. The van der Waals surface area contributed by atoms with Crippen molar-refractivity contribution in [2.24, 2.45) is 0 Å². The smallest absolute Gasteiger partial charge is 0.226 e. The number of benzene rings is 1. The molecule has 7 heteroatoms. The first-order chi connectivity index (χ1) is 10.1. The van der Waals surface area contributed by atoms with Crippen molar-refractivity contribution >= 4 is 23.3 Å². The third-order valence-electron chi connectivity index (χ3n) is 2.90. The van der Waals surface area contributed by atoms with Gasteiger partial charge in [-0.15, -0.1) is 0 Å². The van der Waals surface area contributed by atoms with Gasteiger partial charge < -0.3 is 10.6 Å². The van der Waals surface area contributed by atoms with E-state index in [1.54, 1.807) is 30.1 Å². The van der Waals surface area contributed by atoms with E-state index in [2.05, 4.69) is 15.7 Å². The zero-order valence-electron chi connectivity index (χ0n) is 11.6. The normalized spacial score (nSPS) is 10.6. The Bertz CT molecular complexity index is 629. The maximum atomic E-state index is 13.4. The highest BCUT2D eigenvalue weighted by atomic mass is 35.5. The van der Waals surface area contributed by atoms with Crippen molar-refractivity contribution in [3.63, 3.8) is 0 Å². The number of nitrogens with zero attached hydrogens (tertiary/aromatic N) is 2. The summed E-state index contributed by atoms with van der Waals surface area (Å²) < 4.78 is 15.0. The van der Waals surface area contributed by atoms with Crippen LogP contribution in [0, 0.1) is 5.82 Å². The monoisotopic (exact) mass is 310 g/mol. The fraction of sp³-hybridized carbons (Fsp3) is 0.286. The van der Waals surface area contributed by atoms with Gasteiger partial charge in [0.2, 0.25) is 5.91 Å². The van der Waals surface area contributed by atoms with Gasteiger partial charge >= 0.3 is 0 Å². The first-order valence-electron chi connectivity index (χ1n) is 6.50. The van der Waals surface area contributed by atoms with Gasteiger partial charge in [-0.25, -0.2) is 9.07 Å². The van der Waals surface area contributed by atoms with Crippen LogP contribution in [0.15, 0.2) is 30.5 Å². The second-order valence-electron chi connectivity index (χ2n) is 4.52. The zero-order chi connectivity index (χ0) is 15.2. The number of halogens is 2. The maximum Gasteiger partial charge on any atom is 0.226 e. The SMILES string of the molecule is CNCCC(=O)Nc1ccnn1Cc1ccc(Cl)c(F)c1. The molecular formula is C14H16ClFN4O. The quantitative estimate of drug-likeness (QED) is 0.860. The fourth-order valence-electron chi connectivity index (χ4n) is 1.82. The van der Waals surface area contributed by atoms with Crippen molar-refractivity contribution in [3.05, 3.63) is 46.9 Å². The number of carbonyl (C=O) groups excluding carboxylic acids is 1. The van der Waals surface area contributed by atoms with Gasteiger partial charge in [0.05, 0.1) is 17.8 Å². The van der Waals surface area contributed by atoms with E-state index in [0.717, 1.165) is 0 Å². The summed E-state index contributed by atoms with van der Waals surface area (Å²) in [6.45, 7) is 0.950. The number of rotatable bonds is 6. The molecule has 0 aliphatic rings. The summed E-state index contributed by atoms with van der Waals surface area (Å²) in [5, 5.41) is 9.89. The number of hydrogen-bond donors (Lipinski definition) is 2. The molecule has 0 saturated heterocycles. The highest BCUT2D eigenvalue weighted by Gasteiger charge is 2.08. The summed E-state index contributed by atoms with van der Waals surface area (Å²) in [6.07, 6.45) is 1.96. The molecule has 0 aliphatic carbocycles. The van der Waals surface area contributed by atoms with Gasteiger partial charge in [-0.1, -0.05) is 17.7 Å². The number of carbonyl (C=O) groups is 1. The lowest BCUT2D eigenvalue weighted by Crippen LogP contribution is -2.20. The van der Waals surface area contributed by atoms with Crippen LogP contribution in [0.25, 0.3) is 0 Å². The van der Waals surface area contributed by atoms with Crippen LogP contribution in [-0.4, -0.2) is 29.3 Å². The van der Waals surface area contributed by atoms with Gasteiger partial charge in [0.25, 0.3) is 0 Å². The lowest BCUT2D eigenvalue weighted by Gasteiger charge is -2.09. The zero-order valence-corrected chi connectivity index (χ0v) is 12.3. The van der Waals surface area contributed by atoms with E-state index in [1.165, 1.54) is 12.1 Å². The summed E-state index contributed by atoms with van der Waals surface area (Å²) in [7, 11) is 1.78. The Balaban J connectivity index is 2.06. The van der Waals surface area contributed by atoms with E-state index in [0.29, 0.717) is 30.9 Å². The average Bonchev–Trinajstić information content (AvgIpc) is 2.88. The van der Waals surface area contributed by atoms with E-state index >= 15 is 0 Å². The first-order valence-corrected chi connectivity index (χ1v) is 6.88. The van der Waals surface area contributed by atoms with E-state index < -0.39 is 5.82 Å². The van der Waals surface area contributed by atoms with Crippen molar-refractivity contribution in [1.82, 2.24) is 15.1 Å². The molecule has 0 spiro atoms. The van der Waals surface area contributed by atoms with Crippen LogP contribution in [-0.2, 0) is 11.3 Å². The average molecular weight is 311 g/mol. The molecule has 0 fully saturated rings. The Hall–Kier alpha value is -1.92. The Morgan fingerprint density at radius 2 is 2.24 bits per heavy atom. The van der Waals surface area contributed by atoms with Gasteiger partial charge in [-0.3, -0.25) is 4.79 Å². The first kappa shape index (κ1) is 15.5. The van der Waals surface area contributed by atoms with Crippen molar-refractivity contribution < 1.29 is 9.18 Å². The molecule has 5 nitrogen and oxygen atoms in total. The minimum absolute atomic E-state index is 0.0832. The molecule has 0 unspecified atom stereocenters. The highest BCUT2D eigenvalue weighted by Crippen LogP contribution is 2.17. The number of aromatic nitrogens is 2. The highest BCUT2D eigenvalue weighted by molar-refractivity contribution is 6.30. The summed E-state index contributed by atoms with van der Waals surface area (Å²) >= 11 is 5.65. The Morgan fingerprint density at radius 3 is 2.95 bits per heavy atom. The Labute approximate surface area is 127 Å². The molecule has 21 heavy (non-hydrogen) atoms. The Morgan fingerprint density at radius 1 is 1.43 bits per heavy atom. The van der Waals surface area contributed by atoms with Crippen LogP contribution in [0.3, 0.4) is 0 Å². The van der Waals surface area contributed by atoms with E-state index in [-0.39, 0.29) is 10.9 Å². The van der Waals surface area contributed by atoms with E-state index in [9.17, 15) is 9.18 Å². The van der Waals surface area contributed by atoms with Crippen molar-refractivity contribution in [2.45, 2.75) is 13.0 Å². The maximum absolute atomic E-state index is 13.4. The third-order valence-corrected chi connectivity index (χ3v) is 3.21. The van der Waals surface area contributed by atoms with Crippen LogP contribution in [0.5, 0.6) is 0 Å². The molecule has 1 aromatic carbocycles. The van der Waals surface area contributed by atoms with E-state index in [4.69, 9.17) is 11.6 Å². The minimum Gasteiger partial charge on any atom is -0.319 e. The second kappa shape index (κ2) is 7.19. The molecule has 1 heterocycles. The predicted molar refractivity (Wildman–Crippen MR) is 79.9 cm³/mol. The minimum atomic E-state index is -0.471. The summed E-state index contributed by atoms with van der Waals surface area (Å²) in [6, 6.07) is 6.28. The molecule has 0 atom stereocenters. The van der Waals surface area contributed by atoms with Crippen LogP contribution in [0.4, 0.5) is 10.2 Å². The van der Waals surface area contributed by atoms with Crippen molar-refractivity contribution in [1.29, 1.82) is 0 Å². The summed E-state index contributed by atoms with van der Waals surface area (Å²) in [5.74, 6) is 0.000719. The number of amides is 1. The lowest BCUT2D eigenvalue weighted by molar-refractivity contribution is -0.116. The molecule has 1 aromatic heterocycles. The molecule has 0 aliphatic heterocycles. The molecule has 112 valence electrons.